The molecule has 1 aliphatic rings. The normalized spacial score (nSPS) is 14.8. The van der Waals surface area contributed by atoms with Gasteiger partial charge in [0.05, 0.1) is 11.4 Å². The Morgan fingerprint density at radius 2 is 1.92 bits per heavy atom. The maximum Gasteiger partial charge on any atom is 0.513 e. The van der Waals surface area contributed by atoms with Gasteiger partial charge in [-0.05, 0) is 76.8 Å². The van der Waals surface area contributed by atoms with Crippen molar-refractivity contribution < 1.29 is 42.1 Å². The van der Waals surface area contributed by atoms with Crippen LogP contribution >= 0.6 is 11.8 Å². The molecule has 1 unspecified atom stereocenters. The number of thioether (sulfide) groups is 1. The van der Waals surface area contributed by atoms with Gasteiger partial charge in [-0.1, -0.05) is 29.4 Å². The lowest BCUT2D eigenvalue weighted by molar-refractivity contribution is -0.133. The monoisotopic (exact) mass is 562 g/mol. The number of fused-ring (bicyclic) bond motifs is 1. The molecular formula is C23H22N4O9S2. The van der Waals surface area contributed by atoms with Gasteiger partial charge in [-0.25, -0.2) is 18.0 Å². The zero-order valence-electron chi connectivity index (χ0n) is 19.8. The summed E-state index contributed by atoms with van der Waals surface area (Å²) >= 11 is 0.571. The number of para-hydroxylation sites is 1. The first kappa shape index (κ1) is 27.1. The third-order valence-corrected chi connectivity index (χ3v) is 7.66. The number of ether oxygens (including phenoxy) is 3. The standard InChI is InChI=1S/C23H22N4O9S2/c28-20(29)14-37-23(31)36-19-8-4-5-15-13-17(9-10-18(15)19)35-22(30)34-11-12-38(32,33)21-24-25-26-27(21)16-6-2-1-3-7-16/h1-3,6-7,9-10,13,19H,4-5,8,11-12,14H2,(H,28,29). The summed E-state index contributed by atoms with van der Waals surface area (Å²) in [6, 6.07) is 13.3. The first-order chi connectivity index (χ1) is 18.2. The lowest BCUT2D eigenvalue weighted by atomic mass is 9.89. The number of aryl methyl sites for hydroxylation is 1. The molecule has 0 amide bonds. The van der Waals surface area contributed by atoms with Crippen molar-refractivity contribution in [2.24, 2.45) is 0 Å². The van der Waals surface area contributed by atoms with Crippen LogP contribution in [-0.4, -0.2) is 69.3 Å². The summed E-state index contributed by atoms with van der Waals surface area (Å²) in [5, 5.41) is 18.4. The lowest BCUT2D eigenvalue weighted by Crippen LogP contribution is -2.20. The van der Waals surface area contributed by atoms with Crippen molar-refractivity contribution in [2.75, 3.05) is 18.1 Å². The van der Waals surface area contributed by atoms with Crippen LogP contribution in [0.5, 0.6) is 5.75 Å². The number of carboxylic acid groups (broad SMARTS) is 1. The molecule has 0 bridgehead atoms. The molecule has 38 heavy (non-hydrogen) atoms. The van der Waals surface area contributed by atoms with Gasteiger partial charge in [-0.2, -0.15) is 4.68 Å². The van der Waals surface area contributed by atoms with Crippen LogP contribution < -0.4 is 4.74 Å². The van der Waals surface area contributed by atoms with Crippen molar-refractivity contribution in [3.05, 3.63) is 59.7 Å². The Labute approximate surface area is 221 Å². The maximum absolute atomic E-state index is 12.7. The maximum atomic E-state index is 12.7. The van der Waals surface area contributed by atoms with E-state index < -0.39 is 51.5 Å². The molecule has 15 heteroatoms. The van der Waals surface area contributed by atoms with Crippen molar-refractivity contribution >= 4 is 39.0 Å². The van der Waals surface area contributed by atoms with Gasteiger partial charge in [-0.3, -0.25) is 4.79 Å². The number of aromatic nitrogens is 4. The topological polar surface area (TPSA) is 177 Å². The SMILES string of the molecule is O=C(O)CSC(=O)OC1CCCc2cc(OC(=O)OCCS(=O)(=O)c3nnnn3-c3ccccc3)ccc21. The average Bonchev–Trinajstić information content (AvgIpc) is 3.39. The molecule has 0 spiro atoms. The highest BCUT2D eigenvalue weighted by molar-refractivity contribution is 8.13. The molecular weight excluding hydrogens is 540 g/mol. The summed E-state index contributed by atoms with van der Waals surface area (Å²) in [6.45, 7) is -0.486. The van der Waals surface area contributed by atoms with Crippen LogP contribution in [0.3, 0.4) is 0 Å². The van der Waals surface area contributed by atoms with Gasteiger partial charge in [0.2, 0.25) is 9.84 Å². The molecule has 0 fully saturated rings. The summed E-state index contributed by atoms with van der Waals surface area (Å²) in [7, 11) is -3.98. The van der Waals surface area contributed by atoms with Crippen molar-refractivity contribution in [3.8, 4) is 11.4 Å². The Balaban J connectivity index is 1.31. The van der Waals surface area contributed by atoms with Crippen molar-refractivity contribution in [1.29, 1.82) is 0 Å². The summed E-state index contributed by atoms with van der Waals surface area (Å²) in [5.74, 6) is -1.89. The second-order valence-electron chi connectivity index (χ2n) is 8.02. The highest BCUT2D eigenvalue weighted by Gasteiger charge is 2.26. The van der Waals surface area contributed by atoms with E-state index >= 15 is 0 Å². The fourth-order valence-corrected chi connectivity index (χ4v) is 5.24. The van der Waals surface area contributed by atoms with Crippen LogP contribution in [0.4, 0.5) is 9.59 Å². The van der Waals surface area contributed by atoms with Gasteiger partial charge < -0.3 is 19.3 Å². The first-order valence-corrected chi connectivity index (χ1v) is 14.0. The number of tetrazole rings is 1. The molecule has 0 saturated heterocycles. The Bertz CT molecular complexity index is 1430. The van der Waals surface area contributed by atoms with Gasteiger partial charge in [0, 0.05) is 0 Å². The summed E-state index contributed by atoms with van der Waals surface area (Å²) in [6.07, 6.45) is 0.323. The van der Waals surface area contributed by atoms with E-state index in [0.717, 1.165) is 15.8 Å². The van der Waals surface area contributed by atoms with Crippen LogP contribution in [0.25, 0.3) is 5.69 Å². The van der Waals surface area contributed by atoms with Crippen molar-refractivity contribution in [2.45, 2.75) is 30.5 Å². The predicted octanol–water partition coefficient (Wildman–Crippen LogP) is 2.98. The molecule has 0 radical (unpaired) electrons. The molecule has 1 heterocycles. The zero-order valence-corrected chi connectivity index (χ0v) is 21.4. The van der Waals surface area contributed by atoms with Crippen LogP contribution in [0, 0.1) is 0 Å². The number of sulfone groups is 1. The van der Waals surface area contributed by atoms with Gasteiger partial charge >= 0.3 is 17.4 Å². The molecule has 3 aromatic rings. The summed E-state index contributed by atoms with van der Waals surface area (Å²) < 4.78 is 42.0. The largest absolute Gasteiger partial charge is 0.513 e. The zero-order chi connectivity index (χ0) is 27.1. The van der Waals surface area contributed by atoms with E-state index in [2.05, 4.69) is 15.5 Å². The molecule has 2 aromatic carbocycles. The smallest absolute Gasteiger partial charge is 0.481 e. The molecule has 1 aliphatic carbocycles. The molecule has 4 rings (SSSR count). The second kappa shape index (κ2) is 12.0. The fourth-order valence-electron chi connectivity index (χ4n) is 3.76. The molecule has 0 aliphatic heterocycles. The lowest BCUT2D eigenvalue weighted by Gasteiger charge is -2.25. The highest BCUT2D eigenvalue weighted by atomic mass is 32.2. The van der Waals surface area contributed by atoms with E-state index in [4.69, 9.17) is 19.3 Å². The highest BCUT2D eigenvalue weighted by Crippen LogP contribution is 2.35. The number of carboxylic acids is 1. The van der Waals surface area contributed by atoms with Crippen LogP contribution in [0.15, 0.2) is 53.7 Å². The Morgan fingerprint density at radius 1 is 1.13 bits per heavy atom. The van der Waals surface area contributed by atoms with Crippen LogP contribution in [-0.2, 0) is 30.5 Å². The third kappa shape index (κ3) is 6.86. The van der Waals surface area contributed by atoms with E-state index in [-0.39, 0.29) is 10.9 Å². The number of aliphatic carboxylic acids is 1. The van der Waals surface area contributed by atoms with Crippen LogP contribution in [0.1, 0.15) is 30.1 Å². The third-order valence-electron chi connectivity index (χ3n) is 5.42. The Kier molecular flexibility index (Phi) is 8.58. The molecule has 1 aromatic heterocycles. The van der Waals surface area contributed by atoms with E-state index in [1.807, 2.05) is 0 Å². The van der Waals surface area contributed by atoms with Crippen molar-refractivity contribution in [3.63, 3.8) is 0 Å². The Hall–Kier alpha value is -3.98. The molecule has 200 valence electrons. The van der Waals surface area contributed by atoms with Gasteiger partial charge in [-0.15, -0.1) is 0 Å². The van der Waals surface area contributed by atoms with Crippen LogP contribution in [0.2, 0.25) is 0 Å². The fraction of sp³-hybridized carbons (Fsp3) is 0.304. The summed E-state index contributed by atoms with van der Waals surface area (Å²) in [5.41, 5.74) is 2.00. The van der Waals surface area contributed by atoms with Gasteiger partial charge in [0.15, 0.2) is 0 Å². The average molecular weight is 563 g/mol. The minimum atomic E-state index is -3.98. The number of carbonyl (C=O) groups excluding carboxylic acids is 2. The van der Waals surface area contributed by atoms with Crippen molar-refractivity contribution in [1.82, 2.24) is 20.2 Å². The minimum absolute atomic E-state index is 0.178. The van der Waals surface area contributed by atoms with Gasteiger partial charge in [0.25, 0.3) is 5.16 Å². The number of carbonyl (C=O) groups is 3. The second-order valence-corrected chi connectivity index (χ2v) is 10.9. The number of hydrogen-bond acceptors (Lipinski definition) is 12. The van der Waals surface area contributed by atoms with E-state index in [1.54, 1.807) is 42.5 Å². The minimum Gasteiger partial charge on any atom is -0.481 e. The number of hydrogen-bond donors (Lipinski definition) is 1. The summed E-state index contributed by atoms with van der Waals surface area (Å²) in [4.78, 5) is 34.7. The number of benzene rings is 2. The molecule has 1 atom stereocenters. The predicted molar refractivity (Wildman–Crippen MR) is 132 cm³/mol. The first-order valence-electron chi connectivity index (χ1n) is 11.3. The molecule has 1 N–H and O–H groups in total. The van der Waals surface area contributed by atoms with Gasteiger partial charge in [0.1, 0.15) is 24.2 Å². The van der Waals surface area contributed by atoms with E-state index in [1.165, 1.54) is 6.07 Å². The molecule has 13 nitrogen and oxygen atoms in total. The Morgan fingerprint density at radius 3 is 2.68 bits per heavy atom. The quantitative estimate of drug-likeness (QED) is 0.298. The number of nitrogens with zero attached hydrogens (tertiary/aromatic N) is 4. The molecule has 0 saturated carbocycles. The van der Waals surface area contributed by atoms with E-state index in [0.29, 0.717) is 36.7 Å². The van der Waals surface area contributed by atoms with E-state index in [9.17, 15) is 22.8 Å². The number of rotatable bonds is 9.